The van der Waals surface area contributed by atoms with Crippen molar-refractivity contribution >= 4 is 11.7 Å². The molecular formula is C34H43FN2O5. The van der Waals surface area contributed by atoms with Gasteiger partial charge in [-0.3, -0.25) is 0 Å². The molecule has 1 aliphatic heterocycles. The first-order valence-electron chi connectivity index (χ1n) is 14.5. The summed E-state index contributed by atoms with van der Waals surface area (Å²) in [7, 11) is 1.58. The smallest absolute Gasteiger partial charge is 0.337 e. The van der Waals surface area contributed by atoms with Gasteiger partial charge in [0.1, 0.15) is 11.6 Å². The van der Waals surface area contributed by atoms with Gasteiger partial charge in [0.2, 0.25) is 5.88 Å². The predicted molar refractivity (Wildman–Crippen MR) is 163 cm³/mol. The van der Waals surface area contributed by atoms with Gasteiger partial charge in [0.05, 0.1) is 30.6 Å². The number of methoxy groups -OCH3 is 1. The highest BCUT2D eigenvalue weighted by molar-refractivity contribution is 5.89. The fraction of sp³-hybridized carbons (Fsp3) is 0.471. The molecule has 8 heteroatoms. The van der Waals surface area contributed by atoms with Crippen molar-refractivity contribution in [3.8, 4) is 22.8 Å². The van der Waals surface area contributed by atoms with Gasteiger partial charge in [-0.05, 0) is 81.3 Å². The number of rotatable bonds is 10. The number of benzene rings is 2. The number of hydrogen-bond acceptors (Lipinski definition) is 6. The van der Waals surface area contributed by atoms with Crippen LogP contribution in [0.25, 0.3) is 11.1 Å². The molecule has 0 bridgehead atoms. The van der Waals surface area contributed by atoms with Gasteiger partial charge in [-0.15, -0.1) is 0 Å². The molecule has 0 amide bonds. The number of aromatic nitrogens is 1. The van der Waals surface area contributed by atoms with E-state index in [1.54, 1.807) is 19.2 Å². The molecule has 2 heterocycles. The third-order valence-corrected chi connectivity index (χ3v) is 7.67. The summed E-state index contributed by atoms with van der Waals surface area (Å²) in [6, 6.07) is 14.1. The van der Waals surface area contributed by atoms with Crippen LogP contribution in [0, 0.1) is 18.2 Å². The van der Waals surface area contributed by atoms with Crippen LogP contribution in [-0.4, -0.2) is 48.5 Å². The summed E-state index contributed by atoms with van der Waals surface area (Å²) in [6.07, 6.45) is 1.38. The van der Waals surface area contributed by atoms with Gasteiger partial charge in [-0.25, -0.2) is 14.2 Å². The fourth-order valence-electron chi connectivity index (χ4n) is 5.30. The number of ether oxygens (including phenoxy) is 3. The van der Waals surface area contributed by atoms with E-state index in [0.29, 0.717) is 35.9 Å². The molecular weight excluding hydrogens is 535 g/mol. The Hall–Kier alpha value is -3.65. The van der Waals surface area contributed by atoms with E-state index in [9.17, 15) is 14.3 Å². The average Bonchev–Trinajstić information content (AvgIpc) is 2.92. The standard InChI is InChI=1S/C34H43FN2O5/c1-22-27(30(32(38)39)42-33(2,3)4)29(37-19-17-34(5,6)18-20-37)28(31(36-22)40-7)24-10-14-26(15-11-24)41-21-16-23-8-12-25(35)13-9-23/h8-15,30H,16-21H2,1-7H3,(H,38,39). The first-order valence-corrected chi connectivity index (χ1v) is 14.5. The second-order valence-electron chi connectivity index (χ2n) is 12.7. The summed E-state index contributed by atoms with van der Waals surface area (Å²) in [6.45, 7) is 13.9. The molecule has 2 aromatic carbocycles. The molecule has 0 spiro atoms. The zero-order valence-electron chi connectivity index (χ0n) is 25.8. The van der Waals surface area contributed by atoms with Gasteiger partial charge in [-0.1, -0.05) is 38.1 Å². The van der Waals surface area contributed by atoms with E-state index in [0.717, 1.165) is 48.3 Å². The first-order chi connectivity index (χ1) is 19.8. The molecule has 1 fully saturated rings. The number of carbonyl (C=O) groups is 1. The second kappa shape index (κ2) is 12.7. The van der Waals surface area contributed by atoms with E-state index < -0.39 is 17.7 Å². The van der Waals surface area contributed by atoms with Gasteiger partial charge in [-0.2, -0.15) is 0 Å². The molecule has 1 unspecified atom stereocenters. The number of aryl methyl sites for hydroxylation is 1. The Balaban J connectivity index is 1.75. The number of aliphatic carboxylic acids is 1. The highest BCUT2D eigenvalue weighted by Crippen LogP contribution is 2.47. The number of anilines is 1. The quantitative estimate of drug-likeness (QED) is 0.269. The van der Waals surface area contributed by atoms with Crippen LogP contribution in [0.3, 0.4) is 0 Å². The minimum absolute atomic E-state index is 0.198. The molecule has 42 heavy (non-hydrogen) atoms. The Bertz CT molecular complexity index is 1370. The minimum Gasteiger partial charge on any atom is -0.493 e. The van der Waals surface area contributed by atoms with Crippen molar-refractivity contribution in [3.63, 3.8) is 0 Å². The average molecular weight is 579 g/mol. The zero-order valence-corrected chi connectivity index (χ0v) is 25.8. The van der Waals surface area contributed by atoms with Crippen molar-refractivity contribution in [2.45, 2.75) is 72.5 Å². The number of halogens is 1. The third kappa shape index (κ3) is 7.59. The molecule has 4 rings (SSSR count). The summed E-state index contributed by atoms with van der Waals surface area (Å²) in [4.78, 5) is 19.7. The lowest BCUT2D eigenvalue weighted by Crippen LogP contribution is -2.39. The van der Waals surface area contributed by atoms with Crippen molar-refractivity contribution in [1.82, 2.24) is 4.98 Å². The Morgan fingerprint density at radius 1 is 1.07 bits per heavy atom. The Morgan fingerprint density at radius 3 is 2.24 bits per heavy atom. The van der Waals surface area contributed by atoms with E-state index in [4.69, 9.17) is 19.2 Å². The lowest BCUT2D eigenvalue weighted by Gasteiger charge is -2.41. The molecule has 1 saturated heterocycles. The zero-order chi connectivity index (χ0) is 30.7. The number of carboxylic acids is 1. The van der Waals surface area contributed by atoms with Crippen LogP contribution in [0.2, 0.25) is 0 Å². The van der Waals surface area contributed by atoms with Gasteiger partial charge in [0, 0.05) is 30.8 Å². The van der Waals surface area contributed by atoms with Crippen LogP contribution >= 0.6 is 0 Å². The third-order valence-electron chi connectivity index (χ3n) is 7.67. The van der Waals surface area contributed by atoms with Gasteiger partial charge in [0.15, 0.2) is 6.10 Å². The summed E-state index contributed by atoms with van der Waals surface area (Å²) < 4.78 is 31.2. The van der Waals surface area contributed by atoms with Gasteiger partial charge in [0.25, 0.3) is 0 Å². The van der Waals surface area contributed by atoms with Crippen LogP contribution in [0.1, 0.15) is 70.4 Å². The molecule has 1 aromatic heterocycles. The SMILES string of the molecule is COc1nc(C)c(C(OC(C)(C)C)C(=O)O)c(N2CCC(C)(C)CC2)c1-c1ccc(OCCc2ccc(F)cc2)cc1. The number of piperidine rings is 1. The molecule has 0 radical (unpaired) electrons. The molecule has 0 saturated carbocycles. The molecule has 1 N–H and O–H groups in total. The Morgan fingerprint density at radius 2 is 1.69 bits per heavy atom. The minimum atomic E-state index is -1.21. The molecule has 1 atom stereocenters. The predicted octanol–water partition coefficient (Wildman–Crippen LogP) is 7.39. The van der Waals surface area contributed by atoms with Crippen LogP contribution in [-0.2, 0) is 16.0 Å². The van der Waals surface area contributed by atoms with E-state index >= 15 is 0 Å². The van der Waals surface area contributed by atoms with Crippen molar-refractivity contribution in [3.05, 3.63) is 71.2 Å². The van der Waals surface area contributed by atoms with Crippen molar-refractivity contribution in [2.75, 3.05) is 31.7 Å². The van der Waals surface area contributed by atoms with Crippen molar-refractivity contribution in [2.24, 2.45) is 5.41 Å². The molecule has 1 aliphatic rings. The monoisotopic (exact) mass is 578 g/mol. The summed E-state index contributed by atoms with van der Waals surface area (Å²) in [5.41, 5.74) is 3.98. The Kier molecular flexibility index (Phi) is 9.46. The lowest BCUT2D eigenvalue weighted by atomic mass is 9.82. The largest absolute Gasteiger partial charge is 0.493 e. The van der Waals surface area contributed by atoms with Crippen LogP contribution < -0.4 is 14.4 Å². The fourth-order valence-corrected chi connectivity index (χ4v) is 5.30. The van der Waals surface area contributed by atoms with Crippen molar-refractivity contribution < 1.29 is 28.5 Å². The first kappa shape index (κ1) is 31.3. The van der Waals surface area contributed by atoms with Crippen molar-refractivity contribution in [1.29, 1.82) is 0 Å². The topological polar surface area (TPSA) is 81.1 Å². The molecule has 7 nitrogen and oxygen atoms in total. The van der Waals surface area contributed by atoms with Crippen LogP contribution in [0.15, 0.2) is 48.5 Å². The second-order valence-corrected chi connectivity index (χ2v) is 12.7. The highest BCUT2D eigenvalue weighted by atomic mass is 19.1. The summed E-state index contributed by atoms with van der Waals surface area (Å²) in [5, 5.41) is 10.4. The number of pyridine rings is 1. The van der Waals surface area contributed by atoms with E-state index in [-0.39, 0.29) is 11.2 Å². The van der Waals surface area contributed by atoms with Crippen LogP contribution in [0.4, 0.5) is 10.1 Å². The van der Waals surface area contributed by atoms with E-state index in [1.807, 2.05) is 52.0 Å². The molecule has 226 valence electrons. The maximum atomic E-state index is 13.2. The van der Waals surface area contributed by atoms with E-state index in [2.05, 4.69) is 18.7 Å². The normalized spacial score (nSPS) is 15.8. The Labute approximate surface area is 248 Å². The molecule has 0 aliphatic carbocycles. The maximum Gasteiger partial charge on any atom is 0.337 e. The number of nitrogens with zero attached hydrogens (tertiary/aromatic N) is 2. The van der Waals surface area contributed by atoms with Gasteiger partial charge >= 0.3 is 5.97 Å². The number of hydrogen-bond donors (Lipinski definition) is 1. The van der Waals surface area contributed by atoms with E-state index in [1.165, 1.54) is 12.1 Å². The lowest BCUT2D eigenvalue weighted by molar-refractivity contribution is -0.160. The number of carboxylic acid groups (broad SMARTS) is 1. The summed E-state index contributed by atoms with van der Waals surface area (Å²) in [5.74, 6) is -0.192. The summed E-state index contributed by atoms with van der Waals surface area (Å²) >= 11 is 0. The van der Waals surface area contributed by atoms with Gasteiger partial charge < -0.3 is 24.2 Å². The maximum absolute atomic E-state index is 13.2. The van der Waals surface area contributed by atoms with Crippen LogP contribution in [0.5, 0.6) is 11.6 Å². The molecule has 3 aromatic rings. The highest BCUT2D eigenvalue weighted by Gasteiger charge is 2.37.